The van der Waals surface area contributed by atoms with Crippen molar-refractivity contribution in [3.05, 3.63) is 243 Å². The minimum absolute atomic E-state index is 0. The number of hydrogen-bond acceptors (Lipinski definition) is 0. The second-order valence-electron chi connectivity index (χ2n) is 15.0. The first-order chi connectivity index (χ1) is 30.9. The van der Waals surface area contributed by atoms with Crippen molar-refractivity contribution in [2.24, 2.45) is 0 Å². The summed E-state index contributed by atoms with van der Waals surface area (Å²) in [4.78, 5) is 19.8. The number of rotatable bonds is 0. The molecule has 0 saturated heterocycles. The van der Waals surface area contributed by atoms with E-state index >= 15 is 0 Å². The van der Waals surface area contributed by atoms with E-state index in [2.05, 4.69) is 29.1 Å². The van der Waals surface area contributed by atoms with Crippen molar-refractivity contribution in [2.45, 2.75) is 83.1 Å². The van der Waals surface area contributed by atoms with Gasteiger partial charge < -0.3 is 0 Å². The Hall–Kier alpha value is -7.47. The van der Waals surface area contributed by atoms with E-state index in [4.69, 9.17) is 39.4 Å². The third-order valence-electron chi connectivity index (χ3n) is 9.41. The minimum Gasteiger partial charge on any atom is -0.238 e. The third kappa shape index (κ3) is 18.5. The fourth-order valence-corrected chi connectivity index (χ4v) is 6.48. The third-order valence-corrected chi connectivity index (χ3v) is 9.41. The summed E-state index contributed by atoms with van der Waals surface area (Å²) in [6.07, 6.45) is 0. The first-order valence-corrected chi connectivity index (χ1v) is 19.7. The van der Waals surface area contributed by atoms with Crippen molar-refractivity contribution in [3.8, 4) is 0 Å². The molecule has 0 heterocycles. The quantitative estimate of drug-likeness (QED) is 0.107. The van der Waals surface area contributed by atoms with Gasteiger partial charge in [-0.05, 0) is 223 Å². The number of halogens is 6. The van der Waals surface area contributed by atoms with E-state index in [1.807, 2.05) is 0 Å². The van der Waals surface area contributed by atoms with Gasteiger partial charge in [-0.15, -0.1) is 0 Å². The van der Waals surface area contributed by atoms with Gasteiger partial charge in [-0.2, -0.15) is 0 Å². The van der Waals surface area contributed by atoms with E-state index < -0.39 is 0 Å². The molecule has 0 aliphatic rings. The number of benzene rings is 6. The molecule has 0 aromatic heterocycles. The van der Waals surface area contributed by atoms with E-state index in [0.717, 1.165) is 0 Å². The van der Waals surface area contributed by atoms with Gasteiger partial charge in [0.15, 0.2) is 34.1 Å². The molecule has 6 aromatic rings. The summed E-state index contributed by atoms with van der Waals surface area (Å²) in [7, 11) is 0. The van der Waals surface area contributed by atoms with E-state index in [-0.39, 0.29) is 56.0 Å². The molecule has 0 aliphatic carbocycles. The van der Waals surface area contributed by atoms with Gasteiger partial charge in [0.25, 0.3) is 0 Å². The number of nitrogens with zero attached hydrogens (tertiary/aromatic N) is 6. The van der Waals surface area contributed by atoms with Gasteiger partial charge in [0, 0.05) is 21.1 Å². The van der Waals surface area contributed by atoms with Crippen LogP contribution < -0.4 is 0 Å². The van der Waals surface area contributed by atoms with Crippen LogP contribution in [-0.4, -0.2) is 0 Å². The Morgan fingerprint density at radius 3 is 0.358 bits per heavy atom. The summed E-state index contributed by atoms with van der Waals surface area (Å²) in [5.41, 5.74) is 11.8. The molecule has 13 heteroatoms. The molecule has 0 fully saturated rings. The van der Waals surface area contributed by atoms with Crippen LogP contribution in [0.3, 0.4) is 0 Å². The Balaban J connectivity index is 0.000000778. The Morgan fingerprint density at radius 1 is 0.224 bits per heavy atom. The normalized spacial score (nSPS) is 9.13. The van der Waals surface area contributed by atoms with Crippen molar-refractivity contribution < 1.29 is 47.4 Å². The zero-order valence-corrected chi connectivity index (χ0v) is 42.2. The molecule has 67 heavy (non-hydrogen) atoms. The van der Waals surface area contributed by atoms with Crippen molar-refractivity contribution in [2.75, 3.05) is 0 Å². The molecule has 0 unspecified atom stereocenters. The summed E-state index contributed by atoms with van der Waals surface area (Å²) >= 11 is 0. The van der Waals surface area contributed by atoms with E-state index in [9.17, 15) is 26.3 Å². The molecule has 0 aliphatic heterocycles. The monoisotopic (exact) mass is 1080 g/mol. The molecule has 6 aromatic carbocycles. The summed E-state index contributed by atoms with van der Waals surface area (Å²) in [6, 6.07) is 16.5. The van der Waals surface area contributed by atoms with E-state index in [1.165, 1.54) is 72.8 Å². The molecule has 6 nitrogen and oxygen atoms in total. The van der Waals surface area contributed by atoms with Gasteiger partial charge in [0.1, 0.15) is 34.9 Å². The predicted molar refractivity (Wildman–Crippen MR) is 253 cm³/mol. The smallest absolute Gasteiger partial charge is 0.193 e. The first kappa shape index (κ1) is 59.5. The Bertz CT molecular complexity index is 2330. The van der Waals surface area contributed by atoms with Crippen LogP contribution in [0.1, 0.15) is 66.8 Å². The maximum Gasteiger partial charge on any atom is 0.193 e. The molecule has 0 radical (unpaired) electrons. The molecule has 0 spiro atoms. The first-order valence-electron chi connectivity index (χ1n) is 19.7. The zero-order chi connectivity index (χ0) is 50.6. The van der Waals surface area contributed by atoms with Gasteiger partial charge in [-0.25, -0.2) is 55.4 Å². The van der Waals surface area contributed by atoms with Crippen molar-refractivity contribution in [1.82, 2.24) is 0 Å². The summed E-state index contributed by atoms with van der Waals surface area (Å²) in [6.45, 7) is 61.7. The number of hydrogen-bond donors (Lipinski definition) is 0. The van der Waals surface area contributed by atoms with Crippen molar-refractivity contribution in [1.29, 1.82) is 0 Å². The molecule has 0 amide bonds. The van der Waals surface area contributed by atoms with E-state index in [0.29, 0.717) is 101 Å². The fourth-order valence-electron chi connectivity index (χ4n) is 6.48. The van der Waals surface area contributed by atoms with Crippen LogP contribution in [0.4, 0.5) is 60.5 Å². The average Bonchev–Trinajstić information content (AvgIpc) is 3.18. The number of aryl methyl sites for hydroxylation is 12. The van der Waals surface area contributed by atoms with Crippen molar-refractivity contribution >= 4 is 34.1 Å². The molecule has 0 atom stereocenters. The topological polar surface area (TPSA) is 26.2 Å². The summed E-state index contributed by atoms with van der Waals surface area (Å²) in [5, 5.41) is 0. The molecule has 0 bridgehead atoms. The maximum atomic E-state index is 12.6. The summed E-state index contributed by atoms with van der Waals surface area (Å²) < 4.78 is 75.9. The molecule has 342 valence electrons. The van der Waals surface area contributed by atoms with Gasteiger partial charge in [-0.3, -0.25) is 0 Å². The molecule has 0 N–H and O–H groups in total. The Kier molecular flexibility index (Phi) is 25.3. The van der Waals surface area contributed by atoms with Gasteiger partial charge >= 0.3 is 0 Å². The zero-order valence-electron chi connectivity index (χ0n) is 39.3. The van der Waals surface area contributed by atoms with Crippen LogP contribution in [0.25, 0.3) is 29.1 Å². The van der Waals surface area contributed by atoms with Crippen LogP contribution in [-0.2, 0) is 21.1 Å². The van der Waals surface area contributed by atoms with Crippen LogP contribution in [0.5, 0.6) is 0 Å². The molecular formula is C54H48F6N6W. The van der Waals surface area contributed by atoms with Gasteiger partial charge in [-0.1, -0.05) is 0 Å². The largest absolute Gasteiger partial charge is 0.238 e. The molecular weight excluding hydrogens is 1030 g/mol. The standard InChI is InChI=1S/6C9H8FN.W/c6*1-6-4-8(10)5-7(2)9(6)11-3;/h6*4-5H,1-2H3;. The second kappa shape index (κ2) is 28.4. The van der Waals surface area contributed by atoms with Gasteiger partial charge in [0.05, 0.1) is 39.4 Å². The minimum atomic E-state index is -0.271. The van der Waals surface area contributed by atoms with Crippen molar-refractivity contribution in [3.63, 3.8) is 0 Å². The predicted octanol–water partition coefficient (Wildman–Crippen LogP) is 18.0. The van der Waals surface area contributed by atoms with E-state index in [1.54, 1.807) is 83.1 Å². The van der Waals surface area contributed by atoms with Crippen LogP contribution in [0, 0.1) is 157 Å². The Morgan fingerprint density at radius 2 is 0.299 bits per heavy atom. The second-order valence-corrected chi connectivity index (χ2v) is 15.0. The SMILES string of the molecule is [C-]#[N+]c1c(C)cc(F)cc1C.[C-]#[N+]c1c(C)cc(F)cc1C.[C-]#[N+]c1c(C)cc(F)cc1C.[C-]#[N+]c1c(C)cc(F)cc1C.[C-]#[N+]c1c(C)cc(F)cc1C.[C-]#[N+]c1c(C)cc(F)cc1C.[W]. The van der Waals surface area contributed by atoms with Crippen LogP contribution >= 0.6 is 0 Å². The van der Waals surface area contributed by atoms with Gasteiger partial charge in [0.2, 0.25) is 0 Å². The fraction of sp³-hybridized carbons (Fsp3) is 0.222. The van der Waals surface area contributed by atoms with Crippen LogP contribution in [0.2, 0.25) is 0 Å². The Labute approximate surface area is 405 Å². The summed E-state index contributed by atoms with van der Waals surface area (Å²) in [5.74, 6) is -1.63. The molecule has 6 rings (SSSR count). The van der Waals surface area contributed by atoms with Crippen LogP contribution in [0.15, 0.2) is 72.8 Å². The molecule has 0 saturated carbocycles. The average molecular weight is 1080 g/mol. The maximum absolute atomic E-state index is 12.6.